The summed E-state index contributed by atoms with van der Waals surface area (Å²) < 4.78 is 0. The first-order valence-electron chi connectivity index (χ1n) is 6.31. The number of amides is 2. The molecule has 4 nitrogen and oxygen atoms in total. The summed E-state index contributed by atoms with van der Waals surface area (Å²) in [6.45, 7) is 0. The molecule has 3 aliphatic rings. The van der Waals surface area contributed by atoms with Gasteiger partial charge in [-0.15, -0.1) is 0 Å². The van der Waals surface area contributed by atoms with Gasteiger partial charge in [0.2, 0.25) is 0 Å². The molecule has 1 aliphatic carbocycles. The van der Waals surface area contributed by atoms with Crippen LogP contribution in [0.4, 0.5) is 0 Å². The van der Waals surface area contributed by atoms with Crippen molar-refractivity contribution in [2.24, 2.45) is 4.99 Å². The summed E-state index contributed by atoms with van der Waals surface area (Å²) in [4.78, 5) is 30.5. The zero-order valence-corrected chi connectivity index (χ0v) is 9.85. The quantitative estimate of drug-likeness (QED) is 0.693. The lowest BCUT2D eigenvalue weighted by Crippen LogP contribution is -2.50. The Kier molecular flexibility index (Phi) is 1.71. The summed E-state index contributed by atoms with van der Waals surface area (Å²) in [6.07, 6.45) is 3.49. The van der Waals surface area contributed by atoms with Crippen LogP contribution in [0.25, 0.3) is 0 Å². The largest absolute Gasteiger partial charge is 0.276 e. The minimum atomic E-state index is -0.661. The number of carbonyl (C=O) groups excluding carboxylic acids is 2. The van der Waals surface area contributed by atoms with Gasteiger partial charge < -0.3 is 0 Å². The van der Waals surface area contributed by atoms with Gasteiger partial charge in [0.05, 0.1) is 5.56 Å². The van der Waals surface area contributed by atoms with Crippen molar-refractivity contribution in [2.45, 2.75) is 31.2 Å². The lowest BCUT2D eigenvalue weighted by atomic mass is 9.95. The maximum Gasteiger partial charge on any atom is 0.274 e. The molecule has 0 saturated heterocycles. The maximum absolute atomic E-state index is 12.5. The van der Waals surface area contributed by atoms with E-state index in [4.69, 9.17) is 0 Å². The molecule has 1 aromatic rings. The zero-order valence-electron chi connectivity index (χ0n) is 9.85. The molecule has 1 fully saturated rings. The molecular weight excluding hydrogens is 228 g/mol. The van der Waals surface area contributed by atoms with Crippen LogP contribution in [0.5, 0.6) is 0 Å². The van der Waals surface area contributed by atoms with Crippen molar-refractivity contribution in [3.63, 3.8) is 0 Å². The van der Waals surface area contributed by atoms with Crippen molar-refractivity contribution in [1.29, 1.82) is 0 Å². The van der Waals surface area contributed by atoms with Gasteiger partial charge in [-0.2, -0.15) is 4.99 Å². The van der Waals surface area contributed by atoms with Gasteiger partial charge in [-0.25, -0.2) is 0 Å². The van der Waals surface area contributed by atoms with E-state index in [9.17, 15) is 9.59 Å². The Balaban J connectivity index is 1.94. The van der Waals surface area contributed by atoms with Gasteiger partial charge in [-0.05, 0) is 18.9 Å². The van der Waals surface area contributed by atoms with E-state index in [1.165, 1.54) is 0 Å². The second-order valence-electron chi connectivity index (χ2n) is 5.17. The zero-order chi connectivity index (χ0) is 12.3. The van der Waals surface area contributed by atoms with Crippen LogP contribution in [0.3, 0.4) is 0 Å². The number of carbonyl (C=O) groups is 2. The van der Waals surface area contributed by atoms with Gasteiger partial charge >= 0.3 is 0 Å². The second-order valence-corrected chi connectivity index (χ2v) is 5.17. The number of hydrogen-bond acceptors (Lipinski definition) is 2. The highest BCUT2D eigenvalue weighted by atomic mass is 16.2. The molecule has 18 heavy (non-hydrogen) atoms. The molecule has 2 amide bonds. The normalized spacial score (nSPS) is 23.6. The Morgan fingerprint density at radius 1 is 1.06 bits per heavy atom. The summed E-state index contributed by atoms with van der Waals surface area (Å²) in [5, 5.41) is 0. The molecule has 90 valence electrons. The lowest BCUT2D eigenvalue weighted by molar-refractivity contribution is -0.124. The van der Waals surface area contributed by atoms with E-state index in [0.717, 1.165) is 31.2 Å². The Labute approximate surface area is 104 Å². The molecule has 2 aliphatic heterocycles. The Bertz CT molecular complexity index is 612. The van der Waals surface area contributed by atoms with Crippen LogP contribution < -0.4 is 0 Å². The second kappa shape index (κ2) is 3.07. The van der Waals surface area contributed by atoms with E-state index in [2.05, 4.69) is 4.99 Å². The van der Waals surface area contributed by atoms with Gasteiger partial charge in [0.15, 0.2) is 0 Å². The highest BCUT2D eigenvalue weighted by Gasteiger charge is 2.57. The van der Waals surface area contributed by atoms with Crippen LogP contribution >= 0.6 is 0 Å². The first-order chi connectivity index (χ1) is 8.74. The highest BCUT2D eigenvalue weighted by Crippen LogP contribution is 2.44. The molecule has 1 spiro atoms. The molecule has 0 N–H and O–H groups in total. The van der Waals surface area contributed by atoms with E-state index in [1.54, 1.807) is 4.90 Å². The van der Waals surface area contributed by atoms with Crippen molar-refractivity contribution >= 4 is 17.6 Å². The molecule has 0 radical (unpaired) electrons. The molecule has 1 aromatic carbocycles. The summed E-state index contributed by atoms with van der Waals surface area (Å²) in [5.41, 5.74) is 0.820. The maximum atomic E-state index is 12.5. The van der Waals surface area contributed by atoms with Crippen molar-refractivity contribution in [3.8, 4) is 0 Å². The van der Waals surface area contributed by atoms with Crippen LogP contribution in [-0.2, 0) is 4.79 Å². The van der Waals surface area contributed by atoms with Crippen LogP contribution in [0, 0.1) is 0 Å². The minimum Gasteiger partial charge on any atom is -0.276 e. The standard InChI is InChI=1S/C14H12N2O2/c17-12-10-6-2-1-5-9(10)11-15-13(18)14(16(11)12)7-3-4-8-14/h1-2,5-6H,3-4,7-8H2. The predicted molar refractivity (Wildman–Crippen MR) is 65.4 cm³/mol. The third-order valence-corrected chi connectivity index (χ3v) is 4.28. The summed E-state index contributed by atoms with van der Waals surface area (Å²) in [5.74, 6) is 0.387. The fourth-order valence-corrected chi connectivity index (χ4v) is 3.40. The van der Waals surface area contributed by atoms with E-state index >= 15 is 0 Å². The molecule has 1 saturated carbocycles. The average molecular weight is 240 g/mol. The fourth-order valence-electron chi connectivity index (χ4n) is 3.40. The van der Waals surface area contributed by atoms with E-state index in [-0.39, 0.29) is 11.8 Å². The van der Waals surface area contributed by atoms with Gasteiger partial charge in [-0.3, -0.25) is 14.5 Å². The lowest BCUT2D eigenvalue weighted by Gasteiger charge is -2.29. The number of fused-ring (bicyclic) bond motifs is 4. The van der Waals surface area contributed by atoms with Crippen LogP contribution in [0.15, 0.2) is 29.3 Å². The van der Waals surface area contributed by atoms with E-state index in [1.807, 2.05) is 24.3 Å². The van der Waals surface area contributed by atoms with Gasteiger partial charge in [0, 0.05) is 5.56 Å². The molecule has 2 heterocycles. The number of nitrogens with zero attached hydrogens (tertiary/aromatic N) is 2. The molecule has 0 bridgehead atoms. The fraction of sp³-hybridized carbons (Fsp3) is 0.357. The minimum absolute atomic E-state index is 0.0582. The van der Waals surface area contributed by atoms with Crippen molar-refractivity contribution < 1.29 is 9.59 Å². The average Bonchev–Trinajstić information content (AvgIpc) is 3.03. The predicted octanol–water partition coefficient (Wildman–Crippen LogP) is 1.74. The number of hydrogen-bond donors (Lipinski definition) is 0. The Morgan fingerprint density at radius 3 is 2.44 bits per heavy atom. The summed E-state index contributed by atoms with van der Waals surface area (Å²) >= 11 is 0. The third kappa shape index (κ3) is 0.952. The number of rotatable bonds is 0. The summed E-state index contributed by atoms with van der Waals surface area (Å²) in [6, 6.07) is 7.41. The molecular formula is C14H12N2O2. The Hall–Kier alpha value is -1.97. The number of benzene rings is 1. The van der Waals surface area contributed by atoms with Crippen LogP contribution in [0.2, 0.25) is 0 Å². The first kappa shape index (κ1) is 10.00. The van der Waals surface area contributed by atoms with Crippen molar-refractivity contribution in [1.82, 2.24) is 4.90 Å². The van der Waals surface area contributed by atoms with Gasteiger partial charge in [-0.1, -0.05) is 31.0 Å². The third-order valence-electron chi connectivity index (χ3n) is 4.28. The Morgan fingerprint density at radius 2 is 1.72 bits per heavy atom. The van der Waals surface area contributed by atoms with Gasteiger partial charge in [0.1, 0.15) is 11.4 Å². The molecule has 4 rings (SSSR count). The summed E-state index contributed by atoms with van der Waals surface area (Å²) in [7, 11) is 0. The number of amidine groups is 1. The highest BCUT2D eigenvalue weighted by molar-refractivity contribution is 6.30. The van der Waals surface area contributed by atoms with Crippen molar-refractivity contribution in [2.75, 3.05) is 0 Å². The topological polar surface area (TPSA) is 49.7 Å². The first-order valence-corrected chi connectivity index (χ1v) is 6.31. The monoisotopic (exact) mass is 240 g/mol. The molecule has 0 atom stereocenters. The molecule has 4 heteroatoms. The van der Waals surface area contributed by atoms with Crippen molar-refractivity contribution in [3.05, 3.63) is 35.4 Å². The van der Waals surface area contributed by atoms with E-state index in [0.29, 0.717) is 11.4 Å². The molecule has 0 aromatic heterocycles. The smallest absolute Gasteiger partial charge is 0.274 e. The molecule has 0 unspecified atom stereocenters. The SMILES string of the molecule is O=C1c2ccccc2C2=NC(=O)C3(CCCC3)N12. The van der Waals surface area contributed by atoms with Crippen LogP contribution in [-0.4, -0.2) is 28.1 Å². The van der Waals surface area contributed by atoms with E-state index < -0.39 is 5.54 Å². The number of aliphatic imine (C=N–C) groups is 1. The van der Waals surface area contributed by atoms with Crippen LogP contribution in [0.1, 0.15) is 41.6 Å². The van der Waals surface area contributed by atoms with Gasteiger partial charge in [0.25, 0.3) is 11.8 Å².